The van der Waals surface area contributed by atoms with Crippen LogP contribution in [0, 0.1) is 6.92 Å². The molecular weight excluding hydrogens is 256 g/mol. The van der Waals surface area contributed by atoms with Crippen molar-refractivity contribution in [1.82, 2.24) is 0 Å². The maximum atomic E-state index is 12.0. The zero-order chi connectivity index (χ0) is 14.3. The molecule has 0 amide bonds. The summed E-state index contributed by atoms with van der Waals surface area (Å²) in [6.45, 7) is 1.77. The number of aryl methyl sites for hydroxylation is 1. The first-order valence-electron chi connectivity index (χ1n) is 6.11. The standard InChI is InChI=1S/C16H12O4/c1-9-6-10(2-5-13(9)18)15-8-14(19)12-4-3-11(17)7-16(12)20-15/h2-8,17-18H,1H3. The first-order valence-corrected chi connectivity index (χ1v) is 6.11. The Kier molecular flexibility index (Phi) is 2.71. The van der Waals surface area contributed by atoms with Crippen LogP contribution in [-0.2, 0) is 0 Å². The molecule has 0 saturated heterocycles. The molecular formula is C16H12O4. The van der Waals surface area contributed by atoms with Gasteiger partial charge in [0.1, 0.15) is 22.8 Å². The molecule has 0 atom stereocenters. The summed E-state index contributed by atoms with van der Waals surface area (Å²) in [4.78, 5) is 12.0. The van der Waals surface area contributed by atoms with E-state index in [0.29, 0.717) is 27.9 Å². The normalized spacial score (nSPS) is 10.8. The van der Waals surface area contributed by atoms with Crippen molar-refractivity contribution in [2.45, 2.75) is 6.92 Å². The molecule has 0 bridgehead atoms. The molecule has 0 unspecified atom stereocenters. The van der Waals surface area contributed by atoms with Crippen molar-refractivity contribution < 1.29 is 14.6 Å². The lowest BCUT2D eigenvalue weighted by Crippen LogP contribution is -2.00. The minimum absolute atomic E-state index is 0.0414. The van der Waals surface area contributed by atoms with Crippen LogP contribution in [0.3, 0.4) is 0 Å². The van der Waals surface area contributed by atoms with Crippen molar-refractivity contribution >= 4 is 11.0 Å². The number of phenolic OH excluding ortho intramolecular Hbond substituents is 2. The van der Waals surface area contributed by atoms with E-state index in [2.05, 4.69) is 0 Å². The Morgan fingerprint density at radius 1 is 1.00 bits per heavy atom. The number of fused-ring (bicyclic) bond motifs is 1. The zero-order valence-corrected chi connectivity index (χ0v) is 10.8. The summed E-state index contributed by atoms with van der Waals surface area (Å²) in [5.74, 6) is 0.630. The van der Waals surface area contributed by atoms with E-state index in [0.717, 1.165) is 0 Å². The van der Waals surface area contributed by atoms with E-state index in [1.807, 2.05) is 0 Å². The second-order valence-electron chi connectivity index (χ2n) is 4.66. The van der Waals surface area contributed by atoms with Gasteiger partial charge in [-0.3, -0.25) is 4.79 Å². The molecule has 20 heavy (non-hydrogen) atoms. The zero-order valence-electron chi connectivity index (χ0n) is 10.8. The Labute approximate surface area is 114 Å². The molecule has 3 rings (SSSR count). The molecule has 3 aromatic rings. The smallest absolute Gasteiger partial charge is 0.193 e. The molecule has 0 aliphatic carbocycles. The van der Waals surface area contributed by atoms with Gasteiger partial charge in [0.05, 0.1) is 5.39 Å². The van der Waals surface area contributed by atoms with Gasteiger partial charge < -0.3 is 14.6 Å². The largest absolute Gasteiger partial charge is 0.508 e. The van der Waals surface area contributed by atoms with Crippen LogP contribution >= 0.6 is 0 Å². The van der Waals surface area contributed by atoms with Gasteiger partial charge in [-0.05, 0) is 42.8 Å². The Hall–Kier alpha value is -2.75. The van der Waals surface area contributed by atoms with Crippen molar-refractivity contribution in [3.63, 3.8) is 0 Å². The van der Waals surface area contributed by atoms with Gasteiger partial charge in [-0.25, -0.2) is 0 Å². The third kappa shape index (κ3) is 2.01. The second kappa shape index (κ2) is 4.42. The van der Waals surface area contributed by atoms with E-state index in [1.165, 1.54) is 24.3 Å². The highest BCUT2D eigenvalue weighted by Gasteiger charge is 2.08. The second-order valence-corrected chi connectivity index (χ2v) is 4.66. The van der Waals surface area contributed by atoms with Gasteiger partial charge in [0, 0.05) is 17.7 Å². The summed E-state index contributed by atoms with van der Waals surface area (Å²) >= 11 is 0. The quantitative estimate of drug-likeness (QED) is 0.711. The van der Waals surface area contributed by atoms with Crippen molar-refractivity contribution in [2.24, 2.45) is 0 Å². The summed E-state index contributed by atoms with van der Waals surface area (Å²) in [6, 6.07) is 10.8. The van der Waals surface area contributed by atoms with Crippen LogP contribution in [-0.4, -0.2) is 10.2 Å². The van der Waals surface area contributed by atoms with Crippen LogP contribution in [0.2, 0.25) is 0 Å². The topological polar surface area (TPSA) is 70.7 Å². The lowest BCUT2D eigenvalue weighted by atomic mass is 10.1. The Morgan fingerprint density at radius 2 is 1.80 bits per heavy atom. The fourth-order valence-corrected chi connectivity index (χ4v) is 2.09. The first kappa shape index (κ1) is 12.3. The number of rotatable bonds is 1. The Morgan fingerprint density at radius 3 is 2.55 bits per heavy atom. The highest BCUT2D eigenvalue weighted by atomic mass is 16.3. The SMILES string of the molecule is Cc1cc(-c2cc(=O)c3ccc(O)cc3o2)ccc1O. The van der Waals surface area contributed by atoms with Crippen LogP contribution in [0.1, 0.15) is 5.56 Å². The minimum Gasteiger partial charge on any atom is -0.508 e. The monoisotopic (exact) mass is 268 g/mol. The van der Waals surface area contributed by atoms with Crippen LogP contribution in [0.4, 0.5) is 0 Å². The molecule has 0 aliphatic rings. The van der Waals surface area contributed by atoms with Gasteiger partial charge in [-0.1, -0.05) is 0 Å². The molecule has 0 radical (unpaired) electrons. The van der Waals surface area contributed by atoms with Gasteiger partial charge in [-0.15, -0.1) is 0 Å². The fraction of sp³-hybridized carbons (Fsp3) is 0.0625. The van der Waals surface area contributed by atoms with Crippen molar-refractivity contribution in [3.8, 4) is 22.8 Å². The van der Waals surface area contributed by atoms with E-state index in [4.69, 9.17) is 4.42 Å². The number of phenols is 2. The molecule has 0 spiro atoms. The number of hydrogen-bond acceptors (Lipinski definition) is 4. The van der Waals surface area contributed by atoms with Crippen LogP contribution < -0.4 is 5.43 Å². The third-order valence-corrected chi connectivity index (χ3v) is 3.19. The summed E-state index contributed by atoms with van der Waals surface area (Å²) in [7, 11) is 0. The highest BCUT2D eigenvalue weighted by molar-refractivity contribution is 5.80. The minimum atomic E-state index is -0.174. The van der Waals surface area contributed by atoms with Crippen LogP contribution in [0.5, 0.6) is 11.5 Å². The molecule has 0 aliphatic heterocycles. The van der Waals surface area contributed by atoms with E-state index >= 15 is 0 Å². The molecule has 1 aromatic heterocycles. The maximum absolute atomic E-state index is 12.0. The van der Waals surface area contributed by atoms with E-state index < -0.39 is 0 Å². The van der Waals surface area contributed by atoms with Crippen LogP contribution in [0.15, 0.2) is 51.7 Å². The van der Waals surface area contributed by atoms with Crippen molar-refractivity contribution in [2.75, 3.05) is 0 Å². The van der Waals surface area contributed by atoms with Crippen molar-refractivity contribution in [3.05, 3.63) is 58.3 Å². The van der Waals surface area contributed by atoms with Crippen molar-refractivity contribution in [1.29, 1.82) is 0 Å². The van der Waals surface area contributed by atoms with Gasteiger partial charge >= 0.3 is 0 Å². The Bertz CT molecular complexity index is 862. The summed E-state index contributed by atoms with van der Waals surface area (Å²) in [6.07, 6.45) is 0. The van der Waals surface area contributed by atoms with Gasteiger partial charge in [0.25, 0.3) is 0 Å². The average Bonchev–Trinajstić information content (AvgIpc) is 2.41. The first-order chi connectivity index (χ1) is 9.54. The predicted octanol–water partition coefficient (Wildman–Crippen LogP) is 3.18. The molecule has 2 aromatic carbocycles. The molecule has 2 N–H and O–H groups in total. The predicted molar refractivity (Wildman–Crippen MR) is 76.0 cm³/mol. The Balaban J connectivity index is 2.26. The fourth-order valence-electron chi connectivity index (χ4n) is 2.09. The number of aromatic hydroxyl groups is 2. The van der Waals surface area contributed by atoms with E-state index in [-0.39, 0.29) is 16.9 Å². The van der Waals surface area contributed by atoms with Crippen LogP contribution in [0.25, 0.3) is 22.3 Å². The summed E-state index contributed by atoms with van der Waals surface area (Å²) in [5.41, 5.74) is 1.55. The van der Waals surface area contributed by atoms with E-state index in [1.54, 1.807) is 25.1 Å². The van der Waals surface area contributed by atoms with Gasteiger partial charge in [0.2, 0.25) is 0 Å². The van der Waals surface area contributed by atoms with E-state index in [9.17, 15) is 15.0 Å². The molecule has 100 valence electrons. The number of hydrogen-bond donors (Lipinski definition) is 2. The molecule has 0 saturated carbocycles. The highest BCUT2D eigenvalue weighted by Crippen LogP contribution is 2.27. The summed E-state index contributed by atoms with van der Waals surface area (Å²) in [5, 5.41) is 19.4. The third-order valence-electron chi connectivity index (χ3n) is 3.19. The summed E-state index contributed by atoms with van der Waals surface area (Å²) < 4.78 is 5.66. The molecule has 1 heterocycles. The molecule has 4 heteroatoms. The maximum Gasteiger partial charge on any atom is 0.193 e. The van der Waals surface area contributed by atoms with Gasteiger partial charge in [-0.2, -0.15) is 0 Å². The average molecular weight is 268 g/mol. The lowest BCUT2D eigenvalue weighted by molar-refractivity contribution is 0.471. The molecule has 4 nitrogen and oxygen atoms in total. The van der Waals surface area contributed by atoms with Gasteiger partial charge in [0.15, 0.2) is 5.43 Å². The number of benzene rings is 2. The lowest BCUT2D eigenvalue weighted by Gasteiger charge is -2.05. The molecule has 0 fully saturated rings.